The van der Waals surface area contributed by atoms with E-state index in [1.807, 2.05) is 0 Å². The van der Waals surface area contributed by atoms with Gasteiger partial charge in [-0.1, -0.05) is 0 Å². The average Bonchev–Trinajstić information content (AvgIpc) is 2.59. The molecule has 0 unspecified atom stereocenters. The monoisotopic (exact) mass is 352 g/mol. The second-order valence-electron chi connectivity index (χ2n) is 5.98. The van der Waals surface area contributed by atoms with Crippen LogP contribution >= 0.6 is 8.53 Å². The number of ether oxygens (including phenoxy) is 1. The molecular formula is C15H21N4O4P. The van der Waals surface area contributed by atoms with Crippen LogP contribution in [0.5, 0.6) is 5.88 Å². The molecule has 1 saturated heterocycles. The van der Waals surface area contributed by atoms with Crippen LogP contribution in [-0.2, 0) is 6.42 Å². The molecule has 0 radical (unpaired) electrons. The fraction of sp³-hybridized carbons (Fsp3) is 0.533. The van der Waals surface area contributed by atoms with Gasteiger partial charge in [-0.05, 0) is 31.6 Å². The van der Waals surface area contributed by atoms with Gasteiger partial charge in [0.2, 0.25) is 5.88 Å². The zero-order valence-corrected chi connectivity index (χ0v) is 14.4. The summed E-state index contributed by atoms with van der Waals surface area (Å²) in [5.41, 5.74) is 0.487. The molecule has 3 rings (SSSR count). The molecule has 0 saturated carbocycles. The average molecular weight is 352 g/mol. The summed E-state index contributed by atoms with van der Waals surface area (Å²) in [6, 6.07) is 1.71. The van der Waals surface area contributed by atoms with E-state index >= 15 is 0 Å². The van der Waals surface area contributed by atoms with E-state index in [0.29, 0.717) is 36.7 Å². The Bertz CT molecular complexity index is 759. The first-order valence-corrected chi connectivity index (χ1v) is 9.12. The zero-order valence-electron chi connectivity index (χ0n) is 13.5. The molecule has 0 aromatic carbocycles. The molecule has 130 valence electrons. The number of aromatic amines is 1. The summed E-state index contributed by atoms with van der Waals surface area (Å²) in [6.07, 6.45) is 5.02. The number of aryl methyl sites for hydroxylation is 1. The fourth-order valence-corrected chi connectivity index (χ4v) is 3.78. The number of aromatic nitrogens is 3. The third kappa shape index (κ3) is 3.72. The van der Waals surface area contributed by atoms with Crippen molar-refractivity contribution in [2.75, 3.05) is 20.2 Å². The number of hydrogen-bond donors (Lipinski definition) is 3. The van der Waals surface area contributed by atoms with E-state index < -0.39 is 8.53 Å². The van der Waals surface area contributed by atoms with E-state index in [4.69, 9.17) is 4.74 Å². The lowest BCUT2D eigenvalue weighted by molar-refractivity contribution is 0.239. The van der Waals surface area contributed by atoms with Crippen molar-refractivity contribution in [3.8, 4) is 5.88 Å². The molecule has 0 aliphatic carbocycles. The molecule has 0 atom stereocenters. The highest BCUT2D eigenvalue weighted by atomic mass is 31.2. The van der Waals surface area contributed by atoms with Crippen molar-refractivity contribution in [1.82, 2.24) is 19.9 Å². The maximum absolute atomic E-state index is 12.1. The summed E-state index contributed by atoms with van der Waals surface area (Å²) < 4.78 is 6.93. The first kappa shape index (κ1) is 17.2. The Kier molecular flexibility index (Phi) is 5.40. The summed E-state index contributed by atoms with van der Waals surface area (Å²) >= 11 is 0. The van der Waals surface area contributed by atoms with E-state index in [-0.39, 0.29) is 5.56 Å². The molecule has 9 heteroatoms. The first-order valence-electron chi connectivity index (χ1n) is 7.92. The Morgan fingerprint density at radius 2 is 2.17 bits per heavy atom. The van der Waals surface area contributed by atoms with Crippen LogP contribution in [0, 0.1) is 5.92 Å². The number of fused-ring (bicyclic) bond motifs is 1. The number of pyridine rings is 1. The van der Waals surface area contributed by atoms with Crippen LogP contribution in [0.2, 0.25) is 0 Å². The van der Waals surface area contributed by atoms with Gasteiger partial charge in [0.15, 0.2) is 0 Å². The lowest BCUT2D eigenvalue weighted by Crippen LogP contribution is -2.30. The second-order valence-corrected chi connectivity index (χ2v) is 7.08. The van der Waals surface area contributed by atoms with Gasteiger partial charge in [0.1, 0.15) is 0 Å². The molecule has 2 aromatic heterocycles. The first-order chi connectivity index (χ1) is 11.6. The molecule has 3 heterocycles. The van der Waals surface area contributed by atoms with Gasteiger partial charge in [-0.25, -0.2) is 14.8 Å². The summed E-state index contributed by atoms with van der Waals surface area (Å²) in [7, 11) is -0.421. The van der Waals surface area contributed by atoms with E-state index in [2.05, 4.69) is 15.2 Å². The SMILES string of the molecule is COc1cc2cn[nH]c(=O)c2c(CCC2CCN(P(O)O)CC2)n1. The molecule has 0 spiro atoms. The van der Waals surface area contributed by atoms with Crippen molar-refractivity contribution in [3.63, 3.8) is 0 Å². The number of piperidine rings is 1. The third-order valence-electron chi connectivity index (χ3n) is 4.54. The number of methoxy groups -OCH3 is 1. The number of hydrogen-bond acceptors (Lipinski definition) is 7. The van der Waals surface area contributed by atoms with Crippen LogP contribution in [0.3, 0.4) is 0 Å². The fourth-order valence-electron chi connectivity index (χ4n) is 3.19. The zero-order chi connectivity index (χ0) is 17.1. The quantitative estimate of drug-likeness (QED) is 0.693. The normalized spacial score (nSPS) is 16.8. The molecular weight excluding hydrogens is 331 g/mol. The van der Waals surface area contributed by atoms with Gasteiger partial charge >= 0.3 is 0 Å². The molecule has 0 bridgehead atoms. The van der Waals surface area contributed by atoms with Crippen molar-refractivity contribution < 1.29 is 14.5 Å². The summed E-state index contributed by atoms with van der Waals surface area (Å²) in [4.78, 5) is 35.1. The van der Waals surface area contributed by atoms with Gasteiger partial charge in [0.25, 0.3) is 14.1 Å². The Hall–Kier alpha value is -1.60. The summed E-state index contributed by atoms with van der Waals surface area (Å²) in [6.45, 7) is 1.39. The largest absolute Gasteiger partial charge is 0.481 e. The van der Waals surface area contributed by atoms with Crippen molar-refractivity contribution in [1.29, 1.82) is 0 Å². The van der Waals surface area contributed by atoms with Gasteiger partial charge in [-0.2, -0.15) is 5.10 Å². The Morgan fingerprint density at radius 3 is 2.83 bits per heavy atom. The highest BCUT2D eigenvalue weighted by Gasteiger charge is 2.23. The minimum atomic E-state index is -1.97. The maximum atomic E-state index is 12.1. The highest BCUT2D eigenvalue weighted by molar-refractivity contribution is 7.42. The minimum absolute atomic E-state index is 0.237. The summed E-state index contributed by atoms with van der Waals surface area (Å²) in [5.74, 6) is 0.964. The van der Waals surface area contributed by atoms with E-state index in [1.165, 1.54) is 0 Å². The highest BCUT2D eigenvalue weighted by Crippen LogP contribution is 2.35. The number of nitrogens with zero attached hydrogens (tertiary/aromatic N) is 3. The molecule has 2 aromatic rings. The Balaban J connectivity index is 1.75. The Morgan fingerprint density at radius 1 is 1.42 bits per heavy atom. The lowest BCUT2D eigenvalue weighted by atomic mass is 9.92. The van der Waals surface area contributed by atoms with Crippen molar-refractivity contribution in [2.24, 2.45) is 5.92 Å². The molecule has 1 fully saturated rings. The van der Waals surface area contributed by atoms with Crippen LogP contribution in [0.1, 0.15) is 25.0 Å². The molecule has 8 nitrogen and oxygen atoms in total. The van der Waals surface area contributed by atoms with Gasteiger partial charge in [0.05, 0.1) is 24.4 Å². The maximum Gasteiger partial charge on any atom is 0.273 e. The van der Waals surface area contributed by atoms with Gasteiger partial charge in [-0.15, -0.1) is 0 Å². The third-order valence-corrected chi connectivity index (χ3v) is 5.45. The molecule has 3 N–H and O–H groups in total. The number of nitrogens with one attached hydrogen (secondary N) is 1. The van der Waals surface area contributed by atoms with E-state index in [9.17, 15) is 14.6 Å². The van der Waals surface area contributed by atoms with Crippen LogP contribution in [0.25, 0.3) is 10.8 Å². The molecule has 24 heavy (non-hydrogen) atoms. The predicted octanol–water partition coefficient (Wildman–Crippen LogP) is 1.18. The van der Waals surface area contributed by atoms with Crippen LogP contribution < -0.4 is 10.3 Å². The van der Waals surface area contributed by atoms with Gasteiger partial charge < -0.3 is 14.5 Å². The number of rotatable bonds is 5. The second kappa shape index (κ2) is 7.53. The standard InChI is InChI=1S/C15H21N4O4P/c1-23-13-8-11-9-16-18-15(20)14(11)12(17-13)3-2-10-4-6-19(7-5-10)24(21)22/h8-10,21-22H,2-7H2,1H3,(H,18,20). The Labute approximate surface area is 140 Å². The molecule has 1 aliphatic heterocycles. The van der Waals surface area contributed by atoms with E-state index in [1.54, 1.807) is 24.0 Å². The topological polar surface area (TPSA) is 112 Å². The number of H-pyrrole nitrogens is 1. The van der Waals surface area contributed by atoms with Crippen LogP contribution in [0.15, 0.2) is 17.1 Å². The predicted molar refractivity (Wildman–Crippen MR) is 90.7 cm³/mol. The molecule has 0 amide bonds. The van der Waals surface area contributed by atoms with Crippen molar-refractivity contribution in [2.45, 2.75) is 25.7 Å². The van der Waals surface area contributed by atoms with E-state index in [0.717, 1.165) is 30.3 Å². The van der Waals surface area contributed by atoms with Gasteiger partial charge in [0, 0.05) is 24.5 Å². The van der Waals surface area contributed by atoms with Crippen molar-refractivity contribution >= 4 is 19.3 Å². The minimum Gasteiger partial charge on any atom is -0.481 e. The van der Waals surface area contributed by atoms with Crippen LogP contribution in [0.4, 0.5) is 0 Å². The molecule has 1 aliphatic rings. The summed E-state index contributed by atoms with van der Waals surface area (Å²) in [5, 5.41) is 7.58. The smallest absolute Gasteiger partial charge is 0.273 e. The van der Waals surface area contributed by atoms with Crippen LogP contribution in [-0.4, -0.2) is 49.8 Å². The van der Waals surface area contributed by atoms with Crippen molar-refractivity contribution in [3.05, 3.63) is 28.3 Å². The van der Waals surface area contributed by atoms with Gasteiger partial charge in [-0.3, -0.25) is 4.79 Å². The lowest BCUT2D eigenvalue weighted by Gasteiger charge is -2.31.